The molecular weight excluding hydrogens is 344 g/mol. The molecule has 4 heteroatoms. The monoisotopic (exact) mass is 360 g/mol. The van der Waals surface area contributed by atoms with E-state index in [1.165, 1.54) is 19.3 Å². The van der Waals surface area contributed by atoms with Crippen LogP contribution in [0.4, 0.5) is 5.82 Å². The quantitative estimate of drug-likeness (QED) is 0.780. The first-order valence-electron chi connectivity index (χ1n) is 6.16. The smallest absolute Gasteiger partial charge is 0.142 e. The first kappa shape index (κ1) is 13.3. The van der Waals surface area contributed by atoms with E-state index in [4.69, 9.17) is 0 Å². The fourth-order valence-electron chi connectivity index (χ4n) is 2.58. The van der Waals surface area contributed by atoms with E-state index in [0.29, 0.717) is 5.41 Å². The second kappa shape index (κ2) is 5.27. The predicted molar refractivity (Wildman–Crippen MR) is 79.5 cm³/mol. The van der Waals surface area contributed by atoms with Gasteiger partial charge < -0.3 is 4.90 Å². The molecule has 0 radical (unpaired) electrons. The summed E-state index contributed by atoms with van der Waals surface area (Å²) in [7, 11) is 0. The first-order chi connectivity index (χ1) is 8.10. The van der Waals surface area contributed by atoms with E-state index in [2.05, 4.69) is 61.7 Å². The molecule has 0 atom stereocenters. The van der Waals surface area contributed by atoms with Crippen LogP contribution in [0.5, 0.6) is 0 Å². The molecule has 0 saturated carbocycles. The molecule has 1 aliphatic rings. The van der Waals surface area contributed by atoms with Gasteiger partial charge in [0.25, 0.3) is 0 Å². The molecule has 1 aliphatic heterocycles. The summed E-state index contributed by atoms with van der Waals surface area (Å²) in [6.45, 7) is 6.86. The van der Waals surface area contributed by atoms with Crippen LogP contribution in [0.15, 0.2) is 21.2 Å². The zero-order chi connectivity index (χ0) is 12.5. The van der Waals surface area contributed by atoms with Crippen LogP contribution in [0.1, 0.15) is 33.1 Å². The van der Waals surface area contributed by atoms with E-state index in [1.807, 2.05) is 6.20 Å². The van der Waals surface area contributed by atoms with Crippen LogP contribution in [0.25, 0.3) is 0 Å². The molecule has 94 valence electrons. The molecule has 17 heavy (non-hydrogen) atoms. The summed E-state index contributed by atoms with van der Waals surface area (Å²) in [5, 5.41) is 0. The van der Waals surface area contributed by atoms with Crippen LogP contribution < -0.4 is 4.90 Å². The largest absolute Gasteiger partial charge is 0.355 e. The number of aromatic nitrogens is 1. The molecule has 0 aliphatic carbocycles. The van der Waals surface area contributed by atoms with Gasteiger partial charge in [0, 0.05) is 23.8 Å². The summed E-state index contributed by atoms with van der Waals surface area (Å²) in [5.74, 6) is 1.08. The Kier molecular flexibility index (Phi) is 4.14. The summed E-state index contributed by atoms with van der Waals surface area (Å²) in [5.41, 5.74) is 0.494. The maximum Gasteiger partial charge on any atom is 0.142 e. The Bertz CT molecular complexity index is 402. The van der Waals surface area contributed by atoms with E-state index >= 15 is 0 Å². The third kappa shape index (κ3) is 2.68. The molecule has 0 amide bonds. The van der Waals surface area contributed by atoms with Crippen LogP contribution in [0.2, 0.25) is 0 Å². The number of pyridine rings is 1. The second-order valence-corrected chi connectivity index (χ2v) is 6.61. The molecule has 1 aromatic heterocycles. The van der Waals surface area contributed by atoms with E-state index in [0.717, 1.165) is 27.9 Å². The van der Waals surface area contributed by atoms with Gasteiger partial charge in [0.15, 0.2) is 0 Å². The van der Waals surface area contributed by atoms with Crippen LogP contribution in [-0.4, -0.2) is 18.1 Å². The molecule has 0 aromatic carbocycles. The fraction of sp³-hybridized carbons (Fsp3) is 0.615. The van der Waals surface area contributed by atoms with Gasteiger partial charge in [-0.25, -0.2) is 4.98 Å². The summed E-state index contributed by atoms with van der Waals surface area (Å²) in [4.78, 5) is 6.93. The minimum atomic E-state index is 0.494. The second-order valence-electron chi connectivity index (χ2n) is 4.84. The number of rotatable bonds is 3. The molecule has 0 N–H and O–H groups in total. The third-order valence-corrected chi connectivity index (χ3v) is 5.04. The summed E-state index contributed by atoms with van der Waals surface area (Å²) in [6, 6.07) is 2.07. The minimum absolute atomic E-state index is 0.494. The van der Waals surface area contributed by atoms with Crippen molar-refractivity contribution < 1.29 is 0 Å². The Labute approximate surface area is 120 Å². The number of hydrogen-bond donors (Lipinski definition) is 0. The zero-order valence-corrected chi connectivity index (χ0v) is 13.5. The molecular formula is C13H18Br2N2. The molecule has 0 bridgehead atoms. The van der Waals surface area contributed by atoms with Crippen molar-refractivity contribution in [3.05, 3.63) is 21.2 Å². The number of halogens is 2. The minimum Gasteiger partial charge on any atom is -0.355 e. The number of nitrogens with zero attached hydrogens (tertiary/aromatic N) is 2. The van der Waals surface area contributed by atoms with Crippen molar-refractivity contribution in [1.29, 1.82) is 0 Å². The van der Waals surface area contributed by atoms with Crippen LogP contribution in [0.3, 0.4) is 0 Å². The van der Waals surface area contributed by atoms with Gasteiger partial charge in [-0.2, -0.15) is 0 Å². The lowest BCUT2D eigenvalue weighted by Crippen LogP contribution is -2.26. The molecule has 2 nitrogen and oxygen atoms in total. The number of hydrogen-bond acceptors (Lipinski definition) is 2. The lowest BCUT2D eigenvalue weighted by molar-refractivity contribution is 0.301. The highest BCUT2D eigenvalue weighted by molar-refractivity contribution is 9.11. The normalized spacial score (nSPS) is 18.7. The van der Waals surface area contributed by atoms with Crippen molar-refractivity contribution in [2.45, 2.75) is 33.1 Å². The van der Waals surface area contributed by atoms with Crippen molar-refractivity contribution in [1.82, 2.24) is 4.98 Å². The highest BCUT2D eigenvalue weighted by Crippen LogP contribution is 2.40. The maximum atomic E-state index is 4.53. The predicted octanol–water partition coefficient (Wildman–Crippen LogP) is 4.62. The zero-order valence-electron chi connectivity index (χ0n) is 10.3. The topological polar surface area (TPSA) is 16.1 Å². The number of anilines is 1. The van der Waals surface area contributed by atoms with Gasteiger partial charge in [0.1, 0.15) is 5.82 Å². The molecule has 2 heterocycles. The maximum absolute atomic E-state index is 4.53. The molecule has 2 rings (SSSR count). The summed E-state index contributed by atoms with van der Waals surface area (Å²) >= 11 is 7.05. The third-order valence-electron chi connectivity index (χ3n) is 4.03. The van der Waals surface area contributed by atoms with Gasteiger partial charge in [0.2, 0.25) is 0 Å². The van der Waals surface area contributed by atoms with Crippen molar-refractivity contribution in [3.8, 4) is 0 Å². The SMILES string of the molecule is CCC1(CC)CCN(c2ncc(Br)cc2Br)C1. The Morgan fingerprint density at radius 1 is 1.35 bits per heavy atom. The molecule has 0 spiro atoms. The van der Waals surface area contributed by atoms with Gasteiger partial charge in [0.05, 0.1) is 4.47 Å². The Balaban J connectivity index is 2.20. The van der Waals surface area contributed by atoms with E-state index in [9.17, 15) is 0 Å². The standard InChI is InChI=1S/C13H18Br2N2/c1-3-13(4-2)5-6-17(9-13)12-11(15)7-10(14)8-16-12/h7-8H,3-6,9H2,1-2H3. The average molecular weight is 362 g/mol. The highest BCUT2D eigenvalue weighted by atomic mass is 79.9. The van der Waals surface area contributed by atoms with E-state index in [1.54, 1.807) is 0 Å². The van der Waals surface area contributed by atoms with Gasteiger partial charge in [-0.3, -0.25) is 0 Å². The van der Waals surface area contributed by atoms with Crippen molar-refractivity contribution in [2.75, 3.05) is 18.0 Å². The average Bonchev–Trinajstić information content (AvgIpc) is 2.74. The lowest BCUT2D eigenvalue weighted by Gasteiger charge is -2.27. The summed E-state index contributed by atoms with van der Waals surface area (Å²) < 4.78 is 2.10. The molecule has 1 aromatic rings. The molecule has 0 unspecified atom stereocenters. The van der Waals surface area contributed by atoms with E-state index in [-0.39, 0.29) is 0 Å². The van der Waals surface area contributed by atoms with Crippen molar-refractivity contribution in [3.63, 3.8) is 0 Å². The van der Waals surface area contributed by atoms with E-state index < -0.39 is 0 Å². The van der Waals surface area contributed by atoms with Gasteiger partial charge in [-0.1, -0.05) is 13.8 Å². The van der Waals surface area contributed by atoms with Crippen LogP contribution in [-0.2, 0) is 0 Å². The highest BCUT2D eigenvalue weighted by Gasteiger charge is 2.35. The Hall–Kier alpha value is -0.0900. The van der Waals surface area contributed by atoms with Crippen LogP contribution >= 0.6 is 31.9 Å². The van der Waals surface area contributed by atoms with Gasteiger partial charge in [-0.15, -0.1) is 0 Å². The van der Waals surface area contributed by atoms with Gasteiger partial charge in [-0.05, 0) is 62.6 Å². The Morgan fingerprint density at radius 3 is 2.59 bits per heavy atom. The molecule has 1 saturated heterocycles. The van der Waals surface area contributed by atoms with Crippen molar-refractivity contribution >= 4 is 37.7 Å². The van der Waals surface area contributed by atoms with Gasteiger partial charge >= 0.3 is 0 Å². The molecule has 1 fully saturated rings. The summed E-state index contributed by atoms with van der Waals surface area (Å²) in [6.07, 6.45) is 5.67. The fourth-order valence-corrected chi connectivity index (χ4v) is 3.82. The first-order valence-corrected chi connectivity index (χ1v) is 7.75. The lowest BCUT2D eigenvalue weighted by atomic mass is 9.82. The van der Waals surface area contributed by atoms with Crippen molar-refractivity contribution in [2.24, 2.45) is 5.41 Å². The van der Waals surface area contributed by atoms with Crippen LogP contribution in [0, 0.1) is 5.41 Å². The Morgan fingerprint density at radius 2 is 2.06 bits per heavy atom.